The van der Waals surface area contributed by atoms with Crippen LogP contribution < -0.4 is 5.32 Å². The molecule has 2 aromatic carbocycles. The van der Waals surface area contributed by atoms with Gasteiger partial charge in [-0.05, 0) is 50.1 Å². The Labute approximate surface area is 146 Å². The number of hydrogen-bond acceptors (Lipinski definition) is 2. The van der Waals surface area contributed by atoms with Gasteiger partial charge in [-0.25, -0.2) is 4.98 Å². The molecular weight excluding hydrogens is 322 g/mol. The number of benzene rings is 2. The number of imidazole rings is 1. The Kier molecular flexibility index (Phi) is 4.86. The summed E-state index contributed by atoms with van der Waals surface area (Å²) in [5.74, 6) is -0.0207. The summed E-state index contributed by atoms with van der Waals surface area (Å²) in [6.45, 7) is 3.88. The van der Waals surface area contributed by atoms with E-state index in [0.29, 0.717) is 5.02 Å². The lowest BCUT2D eigenvalue weighted by molar-refractivity contribution is -0.124. The predicted octanol–water partition coefficient (Wildman–Crippen LogP) is 4.00. The molecule has 5 heteroatoms. The molecule has 0 radical (unpaired) electrons. The number of fused-ring (bicyclic) bond motifs is 1. The minimum absolute atomic E-state index is 0.0207. The molecule has 1 N–H and O–H groups in total. The third-order valence-corrected chi connectivity index (χ3v) is 4.33. The van der Waals surface area contributed by atoms with Gasteiger partial charge in [-0.15, -0.1) is 0 Å². The van der Waals surface area contributed by atoms with Gasteiger partial charge in [0.15, 0.2) is 0 Å². The summed E-state index contributed by atoms with van der Waals surface area (Å²) in [5, 5.41) is 3.78. The van der Waals surface area contributed by atoms with Gasteiger partial charge in [0.05, 0.1) is 17.4 Å². The molecule has 0 bridgehead atoms. The molecule has 3 rings (SSSR count). The first-order valence-corrected chi connectivity index (χ1v) is 8.39. The molecule has 0 aliphatic heterocycles. The average Bonchev–Trinajstić information content (AvgIpc) is 2.98. The Morgan fingerprint density at radius 1 is 1.21 bits per heavy atom. The van der Waals surface area contributed by atoms with Crippen LogP contribution in [0.25, 0.3) is 11.0 Å². The number of rotatable bonds is 5. The number of hydrogen-bond donors (Lipinski definition) is 1. The van der Waals surface area contributed by atoms with Crippen LogP contribution in [0.1, 0.15) is 25.5 Å². The van der Waals surface area contributed by atoms with Crippen molar-refractivity contribution in [2.45, 2.75) is 32.4 Å². The fourth-order valence-corrected chi connectivity index (χ4v) is 3.06. The van der Waals surface area contributed by atoms with Crippen LogP contribution in [-0.4, -0.2) is 21.5 Å². The highest BCUT2D eigenvalue weighted by molar-refractivity contribution is 6.30. The van der Waals surface area contributed by atoms with Crippen molar-refractivity contribution in [3.05, 3.63) is 65.4 Å². The van der Waals surface area contributed by atoms with Crippen LogP contribution in [0.15, 0.2) is 54.9 Å². The predicted molar refractivity (Wildman–Crippen MR) is 97.2 cm³/mol. The van der Waals surface area contributed by atoms with E-state index in [1.165, 1.54) is 0 Å². The van der Waals surface area contributed by atoms with E-state index in [1.54, 1.807) is 6.33 Å². The fraction of sp³-hybridized carbons (Fsp3) is 0.263. The summed E-state index contributed by atoms with van der Waals surface area (Å²) in [5.41, 5.74) is 2.96. The molecule has 2 atom stereocenters. The molecule has 4 nitrogen and oxygen atoms in total. The highest BCUT2D eigenvalue weighted by Gasteiger charge is 2.18. The maximum Gasteiger partial charge on any atom is 0.243 e. The van der Waals surface area contributed by atoms with Gasteiger partial charge in [-0.2, -0.15) is 0 Å². The van der Waals surface area contributed by atoms with Crippen LogP contribution in [0.3, 0.4) is 0 Å². The first-order valence-electron chi connectivity index (χ1n) is 8.01. The van der Waals surface area contributed by atoms with Gasteiger partial charge in [0.25, 0.3) is 0 Å². The molecule has 1 amide bonds. The van der Waals surface area contributed by atoms with Crippen LogP contribution in [0.5, 0.6) is 0 Å². The number of nitrogens with zero attached hydrogens (tertiary/aromatic N) is 2. The second-order valence-corrected chi connectivity index (χ2v) is 6.50. The second kappa shape index (κ2) is 7.05. The van der Waals surface area contributed by atoms with E-state index in [-0.39, 0.29) is 18.0 Å². The third kappa shape index (κ3) is 3.60. The van der Waals surface area contributed by atoms with Gasteiger partial charge >= 0.3 is 0 Å². The fourth-order valence-electron chi connectivity index (χ4n) is 2.85. The lowest BCUT2D eigenvalue weighted by Crippen LogP contribution is -2.38. The van der Waals surface area contributed by atoms with Gasteiger partial charge in [0.1, 0.15) is 6.04 Å². The lowest BCUT2D eigenvalue weighted by atomic mass is 10.1. The van der Waals surface area contributed by atoms with E-state index in [1.807, 2.05) is 66.9 Å². The first-order chi connectivity index (χ1) is 11.5. The van der Waals surface area contributed by atoms with Gasteiger partial charge in [-0.3, -0.25) is 4.79 Å². The molecule has 0 fully saturated rings. The average molecular weight is 342 g/mol. The van der Waals surface area contributed by atoms with E-state index < -0.39 is 0 Å². The molecule has 24 heavy (non-hydrogen) atoms. The highest BCUT2D eigenvalue weighted by Crippen LogP contribution is 2.18. The standard InChI is InChI=1S/C19H20ClN3O/c1-13(10-15-6-5-7-16(20)11-15)22-19(24)14(2)23-12-21-17-8-3-4-9-18(17)23/h3-9,11-14H,10H2,1-2H3,(H,22,24)/t13-,14+/m1/s1. The summed E-state index contributed by atoms with van der Waals surface area (Å²) in [6.07, 6.45) is 2.46. The summed E-state index contributed by atoms with van der Waals surface area (Å²) in [6, 6.07) is 15.2. The highest BCUT2D eigenvalue weighted by atomic mass is 35.5. The Balaban J connectivity index is 1.67. The largest absolute Gasteiger partial charge is 0.352 e. The van der Waals surface area contributed by atoms with Crippen molar-refractivity contribution in [1.29, 1.82) is 0 Å². The molecule has 124 valence electrons. The maximum absolute atomic E-state index is 12.6. The Bertz CT molecular complexity index is 858. The maximum atomic E-state index is 12.6. The molecule has 1 heterocycles. The minimum atomic E-state index is -0.320. The zero-order valence-corrected chi connectivity index (χ0v) is 14.5. The van der Waals surface area contributed by atoms with E-state index in [9.17, 15) is 4.79 Å². The van der Waals surface area contributed by atoms with Crippen LogP contribution in [0.2, 0.25) is 5.02 Å². The van der Waals surface area contributed by atoms with Crippen LogP contribution >= 0.6 is 11.6 Å². The summed E-state index contributed by atoms with van der Waals surface area (Å²) < 4.78 is 1.90. The van der Waals surface area contributed by atoms with Crippen molar-refractivity contribution in [1.82, 2.24) is 14.9 Å². The van der Waals surface area contributed by atoms with Crippen molar-refractivity contribution < 1.29 is 4.79 Å². The third-order valence-electron chi connectivity index (χ3n) is 4.10. The number of nitrogens with one attached hydrogen (secondary N) is 1. The molecule has 0 saturated heterocycles. The Hall–Kier alpha value is -2.33. The topological polar surface area (TPSA) is 46.9 Å². The molecule has 0 aliphatic carbocycles. The molecule has 1 aromatic heterocycles. The Morgan fingerprint density at radius 3 is 2.79 bits per heavy atom. The SMILES string of the molecule is C[C@H](Cc1cccc(Cl)c1)NC(=O)[C@H](C)n1cnc2ccccc21. The second-order valence-electron chi connectivity index (χ2n) is 6.06. The number of carbonyl (C=O) groups excluding carboxylic acids is 1. The van der Waals surface area contributed by atoms with E-state index in [4.69, 9.17) is 11.6 Å². The summed E-state index contributed by atoms with van der Waals surface area (Å²) >= 11 is 6.01. The molecule has 3 aromatic rings. The smallest absolute Gasteiger partial charge is 0.243 e. The molecular formula is C19H20ClN3O. The minimum Gasteiger partial charge on any atom is -0.352 e. The Morgan fingerprint density at radius 2 is 2.00 bits per heavy atom. The van der Waals surface area contributed by atoms with Crippen molar-refractivity contribution in [2.75, 3.05) is 0 Å². The number of para-hydroxylation sites is 2. The van der Waals surface area contributed by atoms with E-state index >= 15 is 0 Å². The van der Waals surface area contributed by atoms with Crippen molar-refractivity contribution in [3.8, 4) is 0 Å². The first kappa shape index (κ1) is 16.5. The van der Waals surface area contributed by atoms with Crippen LogP contribution in [-0.2, 0) is 11.2 Å². The molecule has 0 aliphatic rings. The van der Waals surface area contributed by atoms with Gasteiger partial charge in [0.2, 0.25) is 5.91 Å². The van der Waals surface area contributed by atoms with Crippen LogP contribution in [0.4, 0.5) is 0 Å². The van der Waals surface area contributed by atoms with Gasteiger partial charge in [-0.1, -0.05) is 35.9 Å². The molecule has 0 spiro atoms. The number of amides is 1. The van der Waals surface area contributed by atoms with Gasteiger partial charge < -0.3 is 9.88 Å². The monoisotopic (exact) mass is 341 g/mol. The van der Waals surface area contributed by atoms with Gasteiger partial charge in [0, 0.05) is 11.1 Å². The quantitative estimate of drug-likeness (QED) is 0.762. The van der Waals surface area contributed by atoms with Crippen molar-refractivity contribution >= 4 is 28.5 Å². The van der Waals surface area contributed by atoms with Crippen molar-refractivity contribution in [3.63, 3.8) is 0 Å². The zero-order valence-electron chi connectivity index (χ0n) is 13.7. The normalized spacial score (nSPS) is 13.6. The number of aromatic nitrogens is 2. The van der Waals surface area contributed by atoms with E-state index in [2.05, 4.69) is 10.3 Å². The molecule has 0 unspecified atom stereocenters. The van der Waals surface area contributed by atoms with E-state index in [0.717, 1.165) is 23.0 Å². The zero-order chi connectivity index (χ0) is 17.1. The van der Waals surface area contributed by atoms with Crippen LogP contribution in [0, 0.1) is 0 Å². The number of carbonyl (C=O) groups is 1. The summed E-state index contributed by atoms with van der Waals surface area (Å²) in [7, 11) is 0. The number of halogens is 1. The molecule has 0 saturated carbocycles. The lowest BCUT2D eigenvalue weighted by Gasteiger charge is -2.19. The summed E-state index contributed by atoms with van der Waals surface area (Å²) in [4.78, 5) is 16.9. The van der Waals surface area contributed by atoms with Crippen molar-refractivity contribution in [2.24, 2.45) is 0 Å².